The first-order valence-corrected chi connectivity index (χ1v) is 9.54. The monoisotopic (exact) mass is 416 g/mol. The summed E-state index contributed by atoms with van der Waals surface area (Å²) in [6.45, 7) is 0.0620. The molecular weight excluding hydrogens is 396 g/mol. The molecule has 156 valence electrons. The number of nitrogens with zero attached hydrogens (tertiary/aromatic N) is 2. The maximum Gasteiger partial charge on any atom is 0.313 e. The zero-order valence-electron chi connectivity index (χ0n) is 16.9. The van der Waals surface area contributed by atoms with Gasteiger partial charge in [-0.05, 0) is 30.4 Å². The number of amides is 1. The van der Waals surface area contributed by atoms with E-state index in [9.17, 15) is 14.4 Å². The van der Waals surface area contributed by atoms with E-state index in [1.54, 1.807) is 60.8 Å². The zero-order valence-corrected chi connectivity index (χ0v) is 16.9. The number of pyridine rings is 1. The van der Waals surface area contributed by atoms with Crippen molar-refractivity contribution in [3.05, 3.63) is 89.5 Å². The van der Waals surface area contributed by atoms with Crippen LogP contribution in [0, 0.1) is 0 Å². The minimum Gasteiger partial charge on any atom is -0.469 e. The molecular formula is C24H20N2O5. The van der Waals surface area contributed by atoms with E-state index >= 15 is 0 Å². The summed E-state index contributed by atoms with van der Waals surface area (Å²) in [4.78, 5) is 42.7. The van der Waals surface area contributed by atoms with Crippen molar-refractivity contribution < 1.29 is 23.9 Å². The number of hydrogen-bond acceptors (Lipinski definition) is 6. The van der Waals surface area contributed by atoms with E-state index in [2.05, 4.69) is 21.2 Å². The summed E-state index contributed by atoms with van der Waals surface area (Å²) in [5.41, 5.74) is 6.44. The van der Waals surface area contributed by atoms with Crippen LogP contribution in [0.1, 0.15) is 12.0 Å². The topological polar surface area (TPSA) is 85.8 Å². The average molecular weight is 416 g/mol. The third-order valence-electron chi connectivity index (χ3n) is 4.37. The number of carbonyl (C=O) groups excluding carboxylic acids is 3. The van der Waals surface area contributed by atoms with Crippen LogP contribution in [0.3, 0.4) is 0 Å². The molecule has 0 aliphatic heterocycles. The quantitative estimate of drug-likeness (QED) is 0.374. The van der Waals surface area contributed by atoms with E-state index < -0.39 is 11.9 Å². The van der Waals surface area contributed by atoms with Gasteiger partial charge < -0.3 is 9.47 Å². The number of ether oxygens (including phenoxy) is 2. The van der Waals surface area contributed by atoms with Crippen LogP contribution in [0.15, 0.2) is 83.9 Å². The Labute approximate surface area is 179 Å². The molecule has 3 rings (SSSR count). The first-order chi connectivity index (χ1) is 15.1. The van der Waals surface area contributed by atoms with Gasteiger partial charge in [-0.1, -0.05) is 35.7 Å². The second-order valence-electron chi connectivity index (χ2n) is 6.45. The number of hydrogen-bond donors (Lipinski definition) is 0. The number of anilines is 1. The Kier molecular flexibility index (Phi) is 7.33. The summed E-state index contributed by atoms with van der Waals surface area (Å²) in [7, 11) is 1.29. The van der Waals surface area contributed by atoms with Crippen LogP contribution in [-0.2, 0) is 25.5 Å². The van der Waals surface area contributed by atoms with Crippen molar-refractivity contribution in [2.24, 2.45) is 0 Å². The number of para-hydroxylation sites is 1. The Morgan fingerprint density at radius 2 is 1.84 bits per heavy atom. The lowest BCUT2D eigenvalue weighted by atomic mass is 10.1. The smallest absolute Gasteiger partial charge is 0.313 e. The highest BCUT2D eigenvalue weighted by Gasteiger charge is 2.21. The van der Waals surface area contributed by atoms with Crippen molar-refractivity contribution in [1.82, 2.24) is 4.98 Å². The van der Waals surface area contributed by atoms with Crippen molar-refractivity contribution in [1.29, 1.82) is 0 Å². The van der Waals surface area contributed by atoms with Crippen LogP contribution in [0.5, 0.6) is 5.75 Å². The highest BCUT2D eigenvalue weighted by atomic mass is 16.5. The standard InChI is InChI=1S/C24H20N2O5/c1-30-23(28)17-19-11-5-6-12-20(19)31-22(27)14-16-26(21-13-7-8-15-25-21)24(29)18-9-3-2-4-10-18/h3,5-13,15H,14,16-17H2,1H3. The zero-order chi connectivity index (χ0) is 22.1. The summed E-state index contributed by atoms with van der Waals surface area (Å²) in [6, 6.07) is 11.9. The van der Waals surface area contributed by atoms with Crippen molar-refractivity contribution in [2.75, 3.05) is 18.6 Å². The number of allylic oxidation sites excluding steroid dienone is 2. The fourth-order valence-corrected chi connectivity index (χ4v) is 2.82. The van der Waals surface area contributed by atoms with Crippen LogP contribution in [0.2, 0.25) is 0 Å². The summed E-state index contributed by atoms with van der Waals surface area (Å²) in [6.07, 6.45) is 6.23. The van der Waals surface area contributed by atoms with Gasteiger partial charge in [-0.25, -0.2) is 4.98 Å². The van der Waals surface area contributed by atoms with E-state index in [-0.39, 0.29) is 31.0 Å². The molecule has 0 atom stereocenters. The Hall–Kier alpha value is -4.18. The van der Waals surface area contributed by atoms with E-state index in [0.29, 0.717) is 17.0 Å². The summed E-state index contributed by atoms with van der Waals surface area (Å²) in [5, 5.41) is 0. The van der Waals surface area contributed by atoms with E-state index in [1.807, 2.05) is 0 Å². The van der Waals surface area contributed by atoms with Crippen molar-refractivity contribution in [3.63, 3.8) is 0 Å². The summed E-state index contributed by atoms with van der Waals surface area (Å²) < 4.78 is 10.1. The molecule has 1 aliphatic carbocycles. The molecule has 7 nitrogen and oxygen atoms in total. The third kappa shape index (κ3) is 5.90. The molecule has 1 aromatic heterocycles. The fraction of sp³-hybridized carbons (Fsp3) is 0.167. The lowest BCUT2D eigenvalue weighted by Gasteiger charge is -2.22. The third-order valence-corrected chi connectivity index (χ3v) is 4.37. The first kappa shape index (κ1) is 21.5. The molecule has 0 N–H and O–H groups in total. The van der Waals surface area contributed by atoms with Crippen LogP contribution in [-0.4, -0.2) is 36.5 Å². The molecule has 0 saturated heterocycles. The normalized spacial score (nSPS) is 11.6. The fourth-order valence-electron chi connectivity index (χ4n) is 2.82. The van der Waals surface area contributed by atoms with Gasteiger partial charge in [0.2, 0.25) is 0 Å². The largest absolute Gasteiger partial charge is 0.469 e. The van der Waals surface area contributed by atoms with Crippen molar-refractivity contribution in [3.8, 4) is 5.75 Å². The highest BCUT2D eigenvalue weighted by molar-refractivity contribution is 6.07. The molecule has 2 aromatic rings. The lowest BCUT2D eigenvalue weighted by Crippen LogP contribution is -2.35. The Bertz CT molecular complexity index is 1110. The average Bonchev–Trinajstić information content (AvgIpc) is 2.81. The molecule has 31 heavy (non-hydrogen) atoms. The number of rotatable bonds is 8. The lowest BCUT2D eigenvalue weighted by molar-refractivity contribution is -0.140. The Balaban J connectivity index is 1.71. The highest BCUT2D eigenvalue weighted by Crippen LogP contribution is 2.20. The minimum atomic E-state index is -0.543. The van der Waals surface area contributed by atoms with Crippen LogP contribution < -0.4 is 9.64 Å². The Morgan fingerprint density at radius 1 is 1.03 bits per heavy atom. The predicted octanol–water partition coefficient (Wildman–Crippen LogP) is 2.93. The molecule has 7 heteroatoms. The summed E-state index contributed by atoms with van der Waals surface area (Å²) >= 11 is 0. The Morgan fingerprint density at radius 3 is 2.55 bits per heavy atom. The van der Waals surface area contributed by atoms with Crippen LogP contribution in [0.25, 0.3) is 0 Å². The number of aromatic nitrogens is 1. The van der Waals surface area contributed by atoms with E-state index in [0.717, 1.165) is 0 Å². The second kappa shape index (κ2) is 10.6. The van der Waals surface area contributed by atoms with Gasteiger partial charge in [0, 0.05) is 30.0 Å². The number of carbonyl (C=O) groups is 3. The van der Waals surface area contributed by atoms with E-state index in [4.69, 9.17) is 4.74 Å². The maximum absolute atomic E-state index is 13.0. The predicted molar refractivity (Wildman–Crippen MR) is 113 cm³/mol. The van der Waals surface area contributed by atoms with Gasteiger partial charge in [-0.2, -0.15) is 0 Å². The molecule has 0 radical (unpaired) electrons. The van der Waals surface area contributed by atoms with E-state index in [1.165, 1.54) is 18.1 Å². The SMILES string of the molecule is COC(=O)Cc1ccccc1OC(=O)CCN(C(=O)C1=CC=C=C=C1)c1ccccn1. The first-order valence-electron chi connectivity index (χ1n) is 9.54. The minimum absolute atomic E-state index is 0.0139. The van der Waals surface area contributed by atoms with Gasteiger partial charge in [0.05, 0.1) is 20.0 Å². The van der Waals surface area contributed by atoms with Gasteiger partial charge >= 0.3 is 11.9 Å². The maximum atomic E-state index is 13.0. The second-order valence-corrected chi connectivity index (χ2v) is 6.45. The van der Waals surface area contributed by atoms with Crippen molar-refractivity contribution >= 4 is 23.7 Å². The van der Waals surface area contributed by atoms with Crippen molar-refractivity contribution in [2.45, 2.75) is 12.8 Å². The van der Waals surface area contributed by atoms with Gasteiger partial charge in [-0.15, -0.1) is 0 Å². The van der Waals surface area contributed by atoms with Gasteiger partial charge in [-0.3, -0.25) is 19.3 Å². The van der Waals surface area contributed by atoms with Crippen LogP contribution in [0.4, 0.5) is 5.82 Å². The van der Waals surface area contributed by atoms with Gasteiger partial charge in [0.1, 0.15) is 11.6 Å². The van der Waals surface area contributed by atoms with Crippen LogP contribution >= 0.6 is 0 Å². The molecule has 1 heterocycles. The number of esters is 2. The van der Waals surface area contributed by atoms with Gasteiger partial charge in [0.25, 0.3) is 5.91 Å². The summed E-state index contributed by atoms with van der Waals surface area (Å²) in [5.74, 6) is -0.602. The molecule has 1 amide bonds. The molecule has 0 saturated carbocycles. The molecule has 0 unspecified atom stereocenters. The number of methoxy groups -OCH3 is 1. The number of benzene rings is 1. The molecule has 0 fully saturated rings. The molecule has 0 spiro atoms. The molecule has 1 aliphatic rings. The molecule has 1 aromatic carbocycles. The van der Waals surface area contributed by atoms with Gasteiger partial charge in [0.15, 0.2) is 0 Å². The molecule has 0 bridgehead atoms.